The third-order valence-electron chi connectivity index (χ3n) is 7.62. The first-order valence-corrected chi connectivity index (χ1v) is 12.7. The van der Waals surface area contributed by atoms with Crippen molar-refractivity contribution in [2.24, 2.45) is 10.1 Å². The molecule has 198 valence electrons. The van der Waals surface area contributed by atoms with Crippen LogP contribution in [0.4, 0.5) is 17.6 Å². The van der Waals surface area contributed by atoms with Crippen LogP contribution >= 0.6 is 0 Å². The van der Waals surface area contributed by atoms with Crippen LogP contribution in [0.5, 0.6) is 0 Å². The van der Waals surface area contributed by atoms with Gasteiger partial charge in [-0.2, -0.15) is 16.8 Å². The number of rotatable bonds is 2. The lowest BCUT2D eigenvalue weighted by Crippen LogP contribution is -1.99. The van der Waals surface area contributed by atoms with Crippen LogP contribution in [0.3, 0.4) is 0 Å². The van der Waals surface area contributed by atoms with Crippen LogP contribution in [-0.4, -0.2) is 0 Å². The maximum Gasteiger partial charge on any atom is 0.206 e. The molecular formula is C34H14F4N4. The van der Waals surface area contributed by atoms with Crippen LogP contribution in [0, 0.1) is 41.3 Å². The van der Waals surface area contributed by atoms with E-state index in [4.69, 9.17) is 6.57 Å². The predicted molar refractivity (Wildman–Crippen MR) is 153 cm³/mol. The van der Waals surface area contributed by atoms with E-state index in [0.717, 1.165) is 45.8 Å². The fraction of sp³-hybridized carbons (Fsp3) is 0. The molecule has 0 heterocycles. The first kappa shape index (κ1) is 25.1. The van der Waals surface area contributed by atoms with Gasteiger partial charge in [-0.15, -0.1) is 4.95 Å². The monoisotopic (exact) mass is 554 g/mol. The van der Waals surface area contributed by atoms with E-state index < -0.39 is 23.3 Å². The molecule has 0 aliphatic rings. The highest BCUT2D eigenvalue weighted by Crippen LogP contribution is 2.35. The van der Waals surface area contributed by atoms with Crippen molar-refractivity contribution in [1.82, 2.24) is 0 Å². The summed E-state index contributed by atoms with van der Waals surface area (Å²) in [6.07, 6.45) is 1.87. The quantitative estimate of drug-likeness (QED) is 0.0920. The van der Waals surface area contributed by atoms with Gasteiger partial charge in [0, 0.05) is 21.5 Å². The number of nitrogens with zero attached hydrogens (tertiary/aromatic N) is 4. The Labute approximate surface area is 234 Å². The van der Waals surface area contributed by atoms with E-state index in [0.29, 0.717) is 54.5 Å². The molecule has 8 heteroatoms. The number of nitriles is 1. The fourth-order valence-electron chi connectivity index (χ4n) is 5.72. The molecule has 7 rings (SSSR count). The first-order valence-electron chi connectivity index (χ1n) is 12.7. The molecule has 0 amide bonds. The molecule has 0 atom stereocenters. The van der Waals surface area contributed by atoms with Crippen LogP contribution in [0.2, 0.25) is 0 Å². The summed E-state index contributed by atoms with van der Waals surface area (Å²) < 4.78 is 55.0. The lowest BCUT2D eigenvalue weighted by atomic mass is 10.0. The van der Waals surface area contributed by atoms with Crippen molar-refractivity contribution < 1.29 is 17.6 Å². The number of hydrogen-bond acceptors (Lipinski definition) is 3. The highest BCUT2D eigenvalue weighted by Gasteiger charge is 2.18. The van der Waals surface area contributed by atoms with E-state index in [-0.39, 0.29) is 0 Å². The molecule has 0 fully saturated rings. The standard InChI is InChI=1S/C34H14F4N4/c1-40-42-34-26-11-18(20-5-9-30(36)32(38)13-20)3-7-22(26)24-14-27-23(15-28(24)34)21-6-2-17(10-25(21)33(27)41-16-39)19-4-8-29(35)31(37)12-19/h2-15H/b41-33?,42-34+. The molecule has 0 aliphatic heterocycles. The highest BCUT2D eigenvalue weighted by atomic mass is 19.2. The maximum absolute atomic E-state index is 14.0. The Morgan fingerprint density at radius 1 is 0.500 bits per heavy atom. The van der Waals surface area contributed by atoms with Gasteiger partial charge in [-0.05, 0) is 92.3 Å². The Hall–Kier alpha value is -5.86. The summed E-state index contributed by atoms with van der Waals surface area (Å²) in [5.74, 6) is -3.80. The molecule has 0 aliphatic carbocycles. The van der Waals surface area contributed by atoms with Gasteiger partial charge in [0.1, 0.15) is 0 Å². The zero-order valence-electron chi connectivity index (χ0n) is 21.4. The van der Waals surface area contributed by atoms with E-state index in [1.54, 1.807) is 24.3 Å². The fourth-order valence-corrected chi connectivity index (χ4v) is 5.72. The van der Waals surface area contributed by atoms with Crippen molar-refractivity contribution in [2.75, 3.05) is 0 Å². The van der Waals surface area contributed by atoms with Gasteiger partial charge in [0.05, 0.1) is 10.5 Å². The zero-order chi connectivity index (χ0) is 29.1. The summed E-state index contributed by atoms with van der Waals surface area (Å²) in [5.41, 5.74) is 2.21. The second-order valence-electron chi connectivity index (χ2n) is 9.83. The van der Waals surface area contributed by atoms with Crippen molar-refractivity contribution in [1.29, 1.82) is 5.26 Å². The molecule has 4 nitrogen and oxygen atoms in total. The smallest absolute Gasteiger partial charge is 0.204 e. The highest BCUT2D eigenvalue weighted by molar-refractivity contribution is 6.21. The van der Waals surface area contributed by atoms with Crippen LogP contribution in [-0.2, 0) is 0 Å². The second-order valence-corrected chi connectivity index (χ2v) is 9.83. The molecular weight excluding hydrogens is 540 g/mol. The van der Waals surface area contributed by atoms with E-state index >= 15 is 0 Å². The summed E-state index contributed by atoms with van der Waals surface area (Å²) >= 11 is 0. The minimum atomic E-state index is -0.961. The molecule has 0 saturated carbocycles. The third kappa shape index (κ3) is 3.74. The molecule has 0 N–H and O–H groups in total. The minimum Gasteiger partial charge on any atom is -0.204 e. The van der Waals surface area contributed by atoms with Crippen molar-refractivity contribution in [3.63, 3.8) is 0 Å². The molecule has 0 saturated heterocycles. The van der Waals surface area contributed by atoms with Gasteiger partial charge in [0.2, 0.25) is 6.19 Å². The van der Waals surface area contributed by atoms with Crippen molar-refractivity contribution in [3.8, 4) is 28.4 Å². The van der Waals surface area contributed by atoms with Crippen LogP contribution in [0.1, 0.15) is 0 Å². The molecule has 0 bridgehead atoms. The lowest BCUT2D eigenvalue weighted by Gasteiger charge is -2.03. The predicted octanol–water partition coefficient (Wildman–Crippen LogP) is 8.18. The molecule has 42 heavy (non-hydrogen) atoms. The number of halogens is 4. The van der Waals surface area contributed by atoms with Gasteiger partial charge < -0.3 is 0 Å². The zero-order valence-corrected chi connectivity index (χ0v) is 21.4. The lowest BCUT2D eigenvalue weighted by molar-refractivity contribution is 0.509. The Balaban J connectivity index is 1.53. The van der Waals surface area contributed by atoms with E-state index in [9.17, 15) is 22.8 Å². The Morgan fingerprint density at radius 3 is 1.40 bits per heavy atom. The Bertz CT molecular complexity index is 2320. The minimum absolute atomic E-state index is 0.435. The van der Waals surface area contributed by atoms with Crippen molar-refractivity contribution in [3.05, 3.63) is 130 Å². The Kier molecular flexibility index (Phi) is 5.60. The number of fused-ring (bicyclic) bond motifs is 6. The summed E-state index contributed by atoms with van der Waals surface area (Å²) in [4.78, 5) is 7.41. The van der Waals surface area contributed by atoms with Crippen LogP contribution < -0.4 is 10.7 Å². The van der Waals surface area contributed by atoms with Gasteiger partial charge >= 0.3 is 0 Å². The summed E-state index contributed by atoms with van der Waals surface area (Å²) in [5, 5.41) is 20.4. The van der Waals surface area contributed by atoms with E-state index in [1.165, 1.54) is 12.1 Å². The molecule has 0 spiro atoms. The largest absolute Gasteiger partial charge is 0.206 e. The average Bonchev–Trinajstić information content (AvgIpc) is 3.46. The van der Waals surface area contributed by atoms with Crippen LogP contribution in [0.15, 0.2) is 95.0 Å². The number of hydrogen-bond donors (Lipinski definition) is 0. The topological polar surface area (TPSA) is 52.9 Å². The van der Waals surface area contributed by atoms with Gasteiger partial charge in [-0.3, -0.25) is 0 Å². The summed E-state index contributed by atoms with van der Waals surface area (Å²) in [6, 6.07) is 22.0. The third-order valence-corrected chi connectivity index (χ3v) is 7.62. The average molecular weight is 555 g/mol. The first-order chi connectivity index (χ1) is 20.4. The second kappa shape index (κ2) is 9.36. The van der Waals surface area contributed by atoms with Crippen molar-refractivity contribution >= 4 is 43.1 Å². The molecule has 0 aromatic heterocycles. The number of benzene rings is 5. The van der Waals surface area contributed by atoms with Crippen molar-refractivity contribution in [2.45, 2.75) is 0 Å². The van der Waals surface area contributed by atoms with Crippen LogP contribution in [0.25, 0.3) is 70.3 Å². The van der Waals surface area contributed by atoms with Gasteiger partial charge in [-0.1, -0.05) is 36.4 Å². The van der Waals surface area contributed by atoms with Gasteiger partial charge in [-0.25, -0.2) is 17.6 Å². The maximum atomic E-state index is 14.0. The summed E-state index contributed by atoms with van der Waals surface area (Å²) in [6.45, 7) is 7.45. The molecule has 0 radical (unpaired) electrons. The van der Waals surface area contributed by atoms with Gasteiger partial charge in [0.25, 0.3) is 0 Å². The molecule has 7 aromatic carbocycles. The molecule has 0 unspecified atom stereocenters. The SMILES string of the molecule is [C-]#[N+]/N=c1\c2cc(-c3ccc(F)c(F)c3)ccc2c2cc3c(=NC#N)c4cc(-c5ccc(F)c(F)c5)ccc4c3cc12. The summed E-state index contributed by atoms with van der Waals surface area (Å²) in [7, 11) is 0. The van der Waals surface area contributed by atoms with E-state index in [2.05, 4.69) is 15.0 Å². The Morgan fingerprint density at radius 2 is 0.929 bits per heavy atom. The normalized spacial score (nSPS) is 12.5. The van der Waals surface area contributed by atoms with Gasteiger partial charge in [0.15, 0.2) is 28.6 Å². The molecule has 7 aromatic rings. The van der Waals surface area contributed by atoms with E-state index in [1.807, 2.05) is 30.5 Å².